The van der Waals surface area contributed by atoms with Crippen molar-refractivity contribution in [3.8, 4) is 11.5 Å². The van der Waals surface area contributed by atoms with Gasteiger partial charge in [-0.25, -0.2) is 0 Å². The number of rotatable bonds is 6. The summed E-state index contributed by atoms with van der Waals surface area (Å²) in [5, 5.41) is 22.7. The normalized spacial score (nSPS) is 13.5. The fourth-order valence-electron chi connectivity index (χ4n) is 1.88. The summed E-state index contributed by atoms with van der Waals surface area (Å²) in [6.07, 6.45) is 0. The van der Waals surface area contributed by atoms with E-state index in [-0.39, 0.29) is 5.06 Å². The number of hydroxylamine groups is 2. The van der Waals surface area contributed by atoms with E-state index < -0.39 is 5.23 Å². The number of hydrogen-bond donors (Lipinski definition) is 2. The summed E-state index contributed by atoms with van der Waals surface area (Å²) in [6.45, 7) is 0.366. The number of quaternary nitrogens is 2. The monoisotopic (exact) mass is 290 g/mol. The first-order valence-electron chi connectivity index (χ1n) is 6.53. The van der Waals surface area contributed by atoms with E-state index in [1.807, 2.05) is 0 Å². The topological polar surface area (TPSA) is 73.5 Å². The highest BCUT2D eigenvalue weighted by molar-refractivity contribution is 5.34. The van der Waals surface area contributed by atoms with Gasteiger partial charge in [-0.3, -0.25) is 0 Å². The van der Waals surface area contributed by atoms with E-state index in [1.165, 1.54) is 7.05 Å². The molecule has 0 aliphatic rings. The van der Waals surface area contributed by atoms with Crippen LogP contribution in [-0.2, 0) is 6.54 Å². The lowest BCUT2D eigenvalue weighted by atomic mass is 10.2. The third kappa shape index (κ3) is 4.44. The first-order chi connectivity index (χ1) is 10.1. The minimum atomic E-state index is -0.447. The van der Waals surface area contributed by atoms with Gasteiger partial charge in [0.15, 0.2) is 11.4 Å². The molecule has 0 heterocycles. The Kier molecular flexibility index (Phi) is 5.13. The van der Waals surface area contributed by atoms with E-state index in [1.54, 1.807) is 55.6 Å². The third-order valence-electron chi connectivity index (χ3n) is 2.89. The van der Waals surface area contributed by atoms with Crippen molar-refractivity contribution in [1.82, 2.24) is 0 Å². The van der Waals surface area contributed by atoms with Crippen molar-refractivity contribution in [2.75, 3.05) is 14.2 Å². The average molecular weight is 290 g/mol. The molecule has 21 heavy (non-hydrogen) atoms. The summed E-state index contributed by atoms with van der Waals surface area (Å²) in [5.74, 6) is 1.05. The second kappa shape index (κ2) is 7.05. The predicted octanol–water partition coefficient (Wildman–Crippen LogP) is 0.216. The lowest BCUT2D eigenvalue weighted by Gasteiger charge is -2.20. The lowest BCUT2D eigenvalue weighted by Crippen LogP contribution is -3.04. The Morgan fingerprint density at radius 2 is 1.67 bits per heavy atom. The number of ether oxygens (including phenoxy) is 1. The molecule has 0 saturated carbocycles. The molecule has 0 saturated heterocycles. The highest BCUT2D eigenvalue weighted by atomic mass is 16.9. The molecular formula is C15H18N2O4. The predicted molar refractivity (Wildman–Crippen MR) is 78.0 cm³/mol. The van der Waals surface area contributed by atoms with Gasteiger partial charge in [0.2, 0.25) is 0 Å². The molecule has 0 bridgehead atoms. The summed E-state index contributed by atoms with van der Waals surface area (Å²) in [6, 6.07) is 13.7. The van der Waals surface area contributed by atoms with E-state index in [4.69, 9.17) is 9.57 Å². The Bertz CT molecular complexity index is 572. The second-order valence-corrected chi connectivity index (χ2v) is 4.64. The Morgan fingerprint density at radius 1 is 1.00 bits per heavy atom. The molecule has 0 radical (unpaired) electrons. The Hall–Kier alpha value is -2.12. The van der Waals surface area contributed by atoms with Gasteiger partial charge < -0.3 is 25.1 Å². The zero-order valence-electron chi connectivity index (χ0n) is 12.0. The van der Waals surface area contributed by atoms with Gasteiger partial charge in [-0.15, -0.1) is 5.23 Å². The first-order valence-corrected chi connectivity index (χ1v) is 6.53. The van der Waals surface area contributed by atoms with Crippen molar-refractivity contribution in [3.63, 3.8) is 0 Å². The van der Waals surface area contributed by atoms with Crippen LogP contribution < -0.4 is 19.9 Å². The van der Waals surface area contributed by atoms with Crippen LogP contribution in [0, 0.1) is 10.4 Å². The fraction of sp³-hybridized carbons (Fsp3) is 0.200. The third-order valence-corrected chi connectivity index (χ3v) is 2.89. The van der Waals surface area contributed by atoms with Gasteiger partial charge in [-0.05, 0) is 24.3 Å². The van der Waals surface area contributed by atoms with Crippen molar-refractivity contribution >= 4 is 5.69 Å². The molecule has 2 unspecified atom stereocenters. The van der Waals surface area contributed by atoms with Crippen LogP contribution in [0.1, 0.15) is 5.56 Å². The van der Waals surface area contributed by atoms with E-state index in [0.29, 0.717) is 23.7 Å². The Balaban J connectivity index is 2.03. The molecule has 0 aliphatic carbocycles. The molecule has 0 fully saturated rings. The molecule has 2 rings (SSSR count). The minimum absolute atomic E-state index is 0.0849. The highest BCUT2D eigenvalue weighted by Crippen LogP contribution is 2.17. The van der Waals surface area contributed by atoms with E-state index in [0.717, 1.165) is 5.56 Å². The summed E-state index contributed by atoms with van der Waals surface area (Å²) < 4.78 is 5.07. The van der Waals surface area contributed by atoms with Crippen molar-refractivity contribution in [2.24, 2.45) is 0 Å². The van der Waals surface area contributed by atoms with Crippen molar-refractivity contribution in [3.05, 3.63) is 64.5 Å². The standard InChI is InChI=1S/C15H18N2O4/c1-16(18)11-12-6-8-13(9-7-12)17(19)21-15-5-3-4-14(10-15)20-2/h3-10,16-17H,11H2,1-2H3. The van der Waals surface area contributed by atoms with Gasteiger partial charge in [-0.1, -0.05) is 6.07 Å². The van der Waals surface area contributed by atoms with Gasteiger partial charge in [-0.2, -0.15) is 0 Å². The highest BCUT2D eigenvalue weighted by Gasteiger charge is 2.07. The van der Waals surface area contributed by atoms with Gasteiger partial charge in [0, 0.05) is 23.8 Å². The number of methoxy groups -OCH3 is 1. The largest absolute Gasteiger partial charge is 0.634 e. The van der Waals surface area contributed by atoms with Crippen molar-refractivity contribution < 1.29 is 19.9 Å². The molecule has 6 nitrogen and oxygen atoms in total. The number of benzene rings is 2. The van der Waals surface area contributed by atoms with Gasteiger partial charge in [0.1, 0.15) is 12.3 Å². The molecule has 2 atom stereocenters. The lowest BCUT2D eigenvalue weighted by molar-refractivity contribution is -0.963. The van der Waals surface area contributed by atoms with Crippen LogP contribution >= 0.6 is 0 Å². The van der Waals surface area contributed by atoms with Crippen LogP contribution in [0.3, 0.4) is 0 Å². The summed E-state index contributed by atoms with van der Waals surface area (Å²) >= 11 is 0. The van der Waals surface area contributed by atoms with Crippen LogP contribution in [0.25, 0.3) is 0 Å². The molecule has 0 aromatic heterocycles. The molecule has 2 aromatic rings. The fourth-order valence-corrected chi connectivity index (χ4v) is 1.88. The molecule has 2 N–H and O–H groups in total. The number of hydrogen-bond acceptors (Lipinski definition) is 4. The van der Waals surface area contributed by atoms with Crippen molar-refractivity contribution in [1.29, 1.82) is 0 Å². The molecule has 0 spiro atoms. The SMILES string of the molecule is COc1cccc(O[NH+]([O-])c2ccc(C[NH+](C)[O-])cc2)c1. The molecule has 112 valence electrons. The quantitative estimate of drug-likeness (QED) is 0.746. The minimum Gasteiger partial charge on any atom is -0.634 e. The molecule has 0 aliphatic heterocycles. The van der Waals surface area contributed by atoms with Gasteiger partial charge in [0.25, 0.3) is 0 Å². The van der Waals surface area contributed by atoms with E-state index >= 15 is 0 Å². The summed E-state index contributed by atoms with van der Waals surface area (Å²) in [4.78, 5) is 5.28. The van der Waals surface area contributed by atoms with E-state index in [9.17, 15) is 10.4 Å². The van der Waals surface area contributed by atoms with Crippen LogP contribution in [0.2, 0.25) is 0 Å². The molecule has 2 aromatic carbocycles. The van der Waals surface area contributed by atoms with E-state index in [2.05, 4.69) is 0 Å². The smallest absolute Gasteiger partial charge is 0.194 e. The molecular weight excluding hydrogens is 272 g/mol. The van der Waals surface area contributed by atoms with Crippen LogP contribution in [0.5, 0.6) is 11.5 Å². The maximum absolute atomic E-state index is 12.0. The van der Waals surface area contributed by atoms with Gasteiger partial charge >= 0.3 is 0 Å². The van der Waals surface area contributed by atoms with Gasteiger partial charge in [0.05, 0.1) is 14.2 Å². The molecule has 0 amide bonds. The Morgan fingerprint density at radius 3 is 2.29 bits per heavy atom. The Labute approximate surface area is 123 Å². The summed E-state index contributed by atoms with van der Waals surface area (Å²) in [5.41, 5.74) is 1.31. The zero-order valence-corrected chi connectivity index (χ0v) is 12.0. The maximum atomic E-state index is 12.0. The first kappa shape index (κ1) is 15.3. The second-order valence-electron chi connectivity index (χ2n) is 4.64. The maximum Gasteiger partial charge on any atom is 0.194 e. The van der Waals surface area contributed by atoms with Crippen LogP contribution in [0.15, 0.2) is 48.5 Å². The number of nitrogens with one attached hydrogen (secondary N) is 2. The van der Waals surface area contributed by atoms with Crippen LogP contribution in [0.4, 0.5) is 5.69 Å². The average Bonchev–Trinajstić information content (AvgIpc) is 2.47. The van der Waals surface area contributed by atoms with Crippen molar-refractivity contribution in [2.45, 2.75) is 6.54 Å². The molecule has 6 heteroatoms. The summed E-state index contributed by atoms with van der Waals surface area (Å²) in [7, 11) is 3.08. The van der Waals surface area contributed by atoms with Crippen LogP contribution in [-0.4, -0.2) is 14.2 Å². The zero-order chi connectivity index (χ0) is 15.2.